The van der Waals surface area contributed by atoms with Crippen LogP contribution in [0.25, 0.3) is 0 Å². The lowest BCUT2D eigenvalue weighted by Crippen LogP contribution is -2.45. The van der Waals surface area contributed by atoms with E-state index in [9.17, 15) is 4.79 Å². The first-order valence-electron chi connectivity index (χ1n) is 7.55. The molecular formula is C16H23N3O. The zero-order chi connectivity index (χ0) is 13.8. The van der Waals surface area contributed by atoms with E-state index in [4.69, 9.17) is 0 Å². The van der Waals surface area contributed by atoms with Gasteiger partial charge >= 0.3 is 0 Å². The molecule has 2 heterocycles. The minimum Gasteiger partial charge on any atom is -0.351 e. The van der Waals surface area contributed by atoms with E-state index in [-0.39, 0.29) is 5.91 Å². The van der Waals surface area contributed by atoms with Gasteiger partial charge < -0.3 is 10.6 Å². The summed E-state index contributed by atoms with van der Waals surface area (Å²) < 4.78 is 0. The van der Waals surface area contributed by atoms with Crippen LogP contribution in [0.1, 0.15) is 12.0 Å². The number of nitrogens with zero attached hydrogens (tertiary/aromatic N) is 1. The second-order valence-electron chi connectivity index (χ2n) is 5.96. The summed E-state index contributed by atoms with van der Waals surface area (Å²) in [6.45, 7) is 5.57. The second-order valence-corrected chi connectivity index (χ2v) is 5.96. The highest BCUT2D eigenvalue weighted by atomic mass is 16.2. The summed E-state index contributed by atoms with van der Waals surface area (Å²) in [5.41, 5.74) is 1.15. The third-order valence-corrected chi connectivity index (χ3v) is 4.49. The predicted molar refractivity (Wildman–Crippen MR) is 79.2 cm³/mol. The first kappa shape index (κ1) is 13.6. The van der Waals surface area contributed by atoms with Gasteiger partial charge in [-0.2, -0.15) is 0 Å². The zero-order valence-electron chi connectivity index (χ0n) is 11.8. The molecule has 2 aliphatic rings. The van der Waals surface area contributed by atoms with E-state index in [1.54, 1.807) is 0 Å². The van der Waals surface area contributed by atoms with Crippen molar-refractivity contribution in [2.24, 2.45) is 11.8 Å². The van der Waals surface area contributed by atoms with Crippen LogP contribution in [0.3, 0.4) is 0 Å². The average molecular weight is 273 g/mol. The van der Waals surface area contributed by atoms with Crippen molar-refractivity contribution in [3.63, 3.8) is 0 Å². The molecule has 2 N–H and O–H groups in total. The molecular weight excluding hydrogens is 250 g/mol. The van der Waals surface area contributed by atoms with Crippen LogP contribution in [0.2, 0.25) is 0 Å². The van der Waals surface area contributed by atoms with Crippen molar-refractivity contribution in [2.45, 2.75) is 13.0 Å². The Morgan fingerprint density at radius 1 is 1.25 bits per heavy atom. The van der Waals surface area contributed by atoms with E-state index < -0.39 is 0 Å². The van der Waals surface area contributed by atoms with Crippen LogP contribution >= 0.6 is 0 Å². The van der Waals surface area contributed by atoms with Gasteiger partial charge in [0.15, 0.2) is 0 Å². The van der Waals surface area contributed by atoms with Crippen molar-refractivity contribution < 1.29 is 4.79 Å². The summed E-state index contributed by atoms with van der Waals surface area (Å²) in [6.07, 6.45) is 1.23. The number of piperidine rings is 1. The molecule has 4 heteroatoms. The zero-order valence-corrected chi connectivity index (χ0v) is 11.8. The third-order valence-electron chi connectivity index (χ3n) is 4.49. The smallest absolute Gasteiger partial charge is 0.234 e. The number of carbonyl (C=O) groups excluding carboxylic acids is 1. The minimum absolute atomic E-state index is 0.137. The SMILES string of the molecule is O=C(CN1CCC2CNCC2C1)NCc1ccccc1. The van der Waals surface area contributed by atoms with Crippen LogP contribution in [-0.4, -0.2) is 43.5 Å². The summed E-state index contributed by atoms with van der Waals surface area (Å²) in [4.78, 5) is 14.3. The highest BCUT2D eigenvalue weighted by Gasteiger charge is 2.33. The van der Waals surface area contributed by atoms with Gasteiger partial charge in [-0.1, -0.05) is 30.3 Å². The van der Waals surface area contributed by atoms with Gasteiger partial charge in [0, 0.05) is 13.1 Å². The monoisotopic (exact) mass is 273 g/mol. The molecule has 0 spiro atoms. The Bertz CT molecular complexity index is 448. The molecule has 20 heavy (non-hydrogen) atoms. The number of nitrogens with one attached hydrogen (secondary N) is 2. The van der Waals surface area contributed by atoms with Crippen LogP contribution in [0.5, 0.6) is 0 Å². The van der Waals surface area contributed by atoms with Crippen molar-refractivity contribution in [3.05, 3.63) is 35.9 Å². The molecule has 0 aliphatic carbocycles. The van der Waals surface area contributed by atoms with Gasteiger partial charge in [-0.25, -0.2) is 0 Å². The Morgan fingerprint density at radius 2 is 2.05 bits per heavy atom. The summed E-state index contributed by atoms with van der Waals surface area (Å²) in [5, 5.41) is 6.47. The van der Waals surface area contributed by atoms with Gasteiger partial charge in [0.2, 0.25) is 5.91 Å². The summed E-state index contributed by atoms with van der Waals surface area (Å²) in [7, 11) is 0. The molecule has 2 atom stereocenters. The molecule has 2 aliphatic heterocycles. The van der Waals surface area contributed by atoms with E-state index in [0.717, 1.165) is 37.0 Å². The lowest BCUT2D eigenvalue weighted by molar-refractivity contribution is -0.122. The number of rotatable bonds is 4. The number of hydrogen-bond donors (Lipinski definition) is 2. The molecule has 2 unspecified atom stereocenters. The number of amides is 1. The number of benzene rings is 1. The second kappa shape index (κ2) is 6.37. The molecule has 3 rings (SSSR count). The van der Waals surface area contributed by atoms with Crippen molar-refractivity contribution in [3.8, 4) is 0 Å². The molecule has 0 saturated carbocycles. The number of hydrogen-bond acceptors (Lipinski definition) is 3. The lowest BCUT2D eigenvalue weighted by Gasteiger charge is -2.33. The first-order chi connectivity index (χ1) is 9.81. The molecule has 0 radical (unpaired) electrons. The molecule has 0 aromatic heterocycles. The van der Waals surface area contributed by atoms with Crippen LogP contribution in [0.4, 0.5) is 0 Å². The van der Waals surface area contributed by atoms with Crippen molar-refractivity contribution >= 4 is 5.91 Å². The normalized spacial score (nSPS) is 26.2. The molecule has 4 nitrogen and oxygen atoms in total. The van der Waals surface area contributed by atoms with Gasteiger partial charge in [0.05, 0.1) is 6.54 Å². The molecule has 2 fully saturated rings. The van der Waals surface area contributed by atoms with E-state index in [2.05, 4.69) is 15.5 Å². The Morgan fingerprint density at radius 3 is 2.90 bits per heavy atom. The highest BCUT2D eigenvalue weighted by Crippen LogP contribution is 2.26. The van der Waals surface area contributed by atoms with Crippen molar-refractivity contribution in [1.82, 2.24) is 15.5 Å². The molecule has 1 aromatic carbocycles. The summed E-state index contributed by atoms with van der Waals surface area (Å²) >= 11 is 0. The largest absolute Gasteiger partial charge is 0.351 e. The predicted octanol–water partition coefficient (Wildman–Crippen LogP) is 0.844. The molecule has 1 amide bonds. The fraction of sp³-hybridized carbons (Fsp3) is 0.562. The van der Waals surface area contributed by atoms with Gasteiger partial charge in [0.1, 0.15) is 0 Å². The number of likely N-dealkylation sites (tertiary alicyclic amines) is 1. The van der Waals surface area contributed by atoms with E-state index in [1.807, 2.05) is 30.3 Å². The Balaban J connectivity index is 1.42. The Kier molecular flexibility index (Phi) is 4.33. The maximum atomic E-state index is 12.0. The summed E-state index contributed by atoms with van der Waals surface area (Å²) in [5.74, 6) is 1.71. The quantitative estimate of drug-likeness (QED) is 0.854. The van der Waals surface area contributed by atoms with Crippen LogP contribution in [0.15, 0.2) is 30.3 Å². The minimum atomic E-state index is 0.137. The Hall–Kier alpha value is -1.39. The van der Waals surface area contributed by atoms with E-state index >= 15 is 0 Å². The number of carbonyl (C=O) groups is 1. The van der Waals surface area contributed by atoms with Gasteiger partial charge in [-0.15, -0.1) is 0 Å². The first-order valence-corrected chi connectivity index (χ1v) is 7.55. The van der Waals surface area contributed by atoms with Gasteiger partial charge in [-0.05, 0) is 43.5 Å². The van der Waals surface area contributed by atoms with E-state index in [1.165, 1.54) is 13.0 Å². The Labute approximate surface area is 120 Å². The fourth-order valence-corrected chi connectivity index (χ4v) is 3.31. The maximum absolute atomic E-state index is 12.0. The molecule has 1 aromatic rings. The van der Waals surface area contributed by atoms with Crippen LogP contribution in [-0.2, 0) is 11.3 Å². The lowest BCUT2D eigenvalue weighted by atomic mass is 9.89. The number of fused-ring (bicyclic) bond motifs is 1. The maximum Gasteiger partial charge on any atom is 0.234 e. The van der Waals surface area contributed by atoms with Gasteiger partial charge in [0.25, 0.3) is 0 Å². The van der Waals surface area contributed by atoms with Crippen LogP contribution < -0.4 is 10.6 Å². The fourth-order valence-electron chi connectivity index (χ4n) is 3.31. The van der Waals surface area contributed by atoms with Gasteiger partial charge in [-0.3, -0.25) is 9.69 Å². The summed E-state index contributed by atoms with van der Waals surface area (Å²) in [6, 6.07) is 10.1. The standard InChI is InChI=1S/C16H23N3O/c20-16(18-8-13-4-2-1-3-5-13)12-19-7-6-14-9-17-10-15(14)11-19/h1-5,14-15,17H,6-12H2,(H,18,20). The third kappa shape index (κ3) is 3.38. The molecule has 108 valence electrons. The van der Waals surface area contributed by atoms with Crippen molar-refractivity contribution in [1.29, 1.82) is 0 Å². The van der Waals surface area contributed by atoms with Crippen molar-refractivity contribution in [2.75, 3.05) is 32.7 Å². The molecule has 0 bridgehead atoms. The molecule has 2 saturated heterocycles. The van der Waals surface area contributed by atoms with E-state index in [0.29, 0.717) is 13.1 Å². The van der Waals surface area contributed by atoms with Crippen LogP contribution in [0, 0.1) is 11.8 Å². The highest BCUT2D eigenvalue weighted by molar-refractivity contribution is 5.78. The average Bonchev–Trinajstić information content (AvgIpc) is 2.94. The topological polar surface area (TPSA) is 44.4 Å².